The van der Waals surface area contributed by atoms with Crippen LogP contribution in [-0.4, -0.2) is 14.8 Å². The van der Waals surface area contributed by atoms with Gasteiger partial charge in [0.2, 0.25) is 0 Å². The minimum Gasteiger partial charge on any atom is -0.265 e. The summed E-state index contributed by atoms with van der Waals surface area (Å²) in [5, 5.41) is 4.38. The molecule has 0 amide bonds. The van der Waals surface area contributed by atoms with Gasteiger partial charge in [0.1, 0.15) is 0 Å². The van der Waals surface area contributed by atoms with Crippen LogP contribution >= 0.6 is 0 Å². The van der Waals surface area contributed by atoms with Crippen molar-refractivity contribution in [3.8, 4) is 16.8 Å². The first kappa shape index (κ1) is 10.7. The number of pyridine rings is 1. The average molecular weight is 235 g/mol. The molecule has 3 heteroatoms. The lowest BCUT2D eigenvalue weighted by Gasteiger charge is -2.00. The van der Waals surface area contributed by atoms with E-state index in [4.69, 9.17) is 0 Å². The highest BCUT2D eigenvalue weighted by molar-refractivity contribution is 5.63. The Morgan fingerprint density at radius 1 is 1.00 bits per heavy atom. The number of rotatable bonds is 2. The summed E-state index contributed by atoms with van der Waals surface area (Å²) < 4.78 is 1.86. The molecule has 0 radical (unpaired) electrons. The SMILES string of the molecule is Cc1cccc(-c2cnn(-c3ccncc3)c2)c1. The summed E-state index contributed by atoms with van der Waals surface area (Å²) in [5.74, 6) is 0. The lowest BCUT2D eigenvalue weighted by Crippen LogP contribution is -1.93. The first-order valence-electron chi connectivity index (χ1n) is 5.85. The highest BCUT2D eigenvalue weighted by Crippen LogP contribution is 2.20. The monoisotopic (exact) mass is 235 g/mol. The summed E-state index contributed by atoms with van der Waals surface area (Å²) in [6.07, 6.45) is 7.45. The third kappa shape index (κ3) is 2.02. The van der Waals surface area contributed by atoms with E-state index < -0.39 is 0 Å². The molecule has 18 heavy (non-hydrogen) atoms. The molecular weight excluding hydrogens is 222 g/mol. The highest BCUT2D eigenvalue weighted by Gasteiger charge is 2.03. The number of hydrogen-bond acceptors (Lipinski definition) is 2. The molecule has 0 aliphatic heterocycles. The Bertz CT molecular complexity index is 656. The van der Waals surface area contributed by atoms with Gasteiger partial charge in [-0.2, -0.15) is 5.10 Å². The Labute approximate surface area is 106 Å². The molecule has 0 aliphatic carbocycles. The Hall–Kier alpha value is -2.42. The van der Waals surface area contributed by atoms with Gasteiger partial charge in [0.05, 0.1) is 11.9 Å². The van der Waals surface area contributed by atoms with Gasteiger partial charge in [0.15, 0.2) is 0 Å². The van der Waals surface area contributed by atoms with Gasteiger partial charge in [-0.15, -0.1) is 0 Å². The van der Waals surface area contributed by atoms with Crippen LogP contribution in [0.15, 0.2) is 61.2 Å². The summed E-state index contributed by atoms with van der Waals surface area (Å²) in [5.41, 5.74) is 4.58. The van der Waals surface area contributed by atoms with Gasteiger partial charge in [-0.3, -0.25) is 4.98 Å². The molecular formula is C15H13N3. The van der Waals surface area contributed by atoms with E-state index in [0.717, 1.165) is 11.3 Å². The van der Waals surface area contributed by atoms with Gasteiger partial charge in [0, 0.05) is 24.2 Å². The van der Waals surface area contributed by atoms with Crippen LogP contribution in [0.4, 0.5) is 0 Å². The minimum atomic E-state index is 1.02. The minimum absolute atomic E-state index is 1.02. The fourth-order valence-corrected chi connectivity index (χ4v) is 1.93. The second kappa shape index (κ2) is 4.45. The first-order chi connectivity index (χ1) is 8.83. The maximum absolute atomic E-state index is 4.38. The molecule has 1 aromatic carbocycles. The maximum Gasteiger partial charge on any atom is 0.0676 e. The lowest BCUT2D eigenvalue weighted by atomic mass is 10.1. The largest absolute Gasteiger partial charge is 0.265 e. The second-order valence-corrected chi connectivity index (χ2v) is 4.25. The summed E-state index contributed by atoms with van der Waals surface area (Å²) in [4.78, 5) is 4.01. The summed E-state index contributed by atoms with van der Waals surface area (Å²) >= 11 is 0. The van der Waals surface area contributed by atoms with E-state index in [9.17, 15) is 0 Å². The van der Waals surface area contributed by atoms with Crippen LogP contribution in [0, 0.1) is 6.92 Å². The van der Waals surface area contributed by atoms with Crippen molar-refractivity contribution in [1.82, 2.24) is 14.8 Å². The van der Waals surface area contributed by atoms with Crippen LogP contribution in [-0.2, 0) is 0 Å². The topological polar surface area (TPSA) is 30.7 Å². The molecule has 0 fully saturated rings. The van der Waals surface area contributed by atoms with Crippen molar-refractivity contribution in [2.45, 2.75) is 6.92 Å². The van der Waals surface area contributed by atoms with Crippen LogP contribution in [0.2, 0.25) is 0 Å². The van der Waals surface area contributed by atoms with Crippen molar-refractivity contribution in [3.05, 3.63) is 66.7 Å². The Kier molecular flexibility index (Phi) is 2.65. The van der Waals surface area contributed by atoms with Gasteiger partial charge in [-0.1, -0.05) is 29.8 Å². The molecule has 0 spiro atoms. The standard InChI is InChI=1S/C15H13N3/c1-12-3-2-4-13(9-12)14-10-17-18(11-14)15-5-7-16-8-6-15/h2-11H,1H3. The van der Waals surface area contributed by atoms with E-state index in [1.807, 2.05) is 29.2 Å². The van der Waals surface area contributed by atoms with Crippen molar-refractivity contribution < 1.29 is 0 Å². The van der Waals surface area contributed by atoms with Crippen molar-refractivity contribution in [2.24, 2.45) is 0 Å². The third-order valence-electron chi connectivity index (χ3n) is 2.86. The van der Waals surface area contributed by atoms with Crippen LogP contribution in [0.3, 0.4) is 0 Å². The van der Waals surface area contributed by atoms with E-state index in [2.05, 4.69) is 41.3 Å². The van der Waals surface area contributed by atoms with Gasteiger partial charge >= 0.3 is 0 Å². The molecule has 0 bridgehead atoms. The Balaban J connectivity index is 2.00. The zero-order valence-corrected chi connectivity index (χ0v) is 10.1. The molecule has 0 aliphatic rings. The fraction of sp³-hybridized carbons (Fsp3) is 0.0667. The Morgan fingerprint density at radius 2 is 1.83 bits per heavy atom. The van der Waals surface area contributed by atoms with E-state index in [1.165, 1.54) is 11.1 Å². The van der Waals surface area contributed by atoms with Gasteiger partial charge in [-0.05, 0) is 24.6 Å². The van der Waals surface area contributed by atoms with Gasteiger partial charge in [0.25, 0.3) is 0 Å². The summed E-state index contributed by atoms with van der Waals surface area (Å²) in [7, 11) is 0. The number of benzene rings is 1. The molecule has 3 aromatic rings. The maximum atomic E-state index is 4.38. The quantitative estimate of drug-likeness (QED) is 0.682. The van der Waals surface area contributed by atoms with Gasteiger partial charge in [-0.25, -0.2) is 4.68 Å². The molecule has 0 unspecified atom stereocenters. The average Bonchev–Trinajstić information content (AvgIpc) is 2.89. The molecule has 0 saturated carbocycles. The van der Waals surface area contributed by atoms with Crippen LogP contribution in [0.5, 0.6) is 0 Å². The number of aryl methyl sites for hydroxylation is 1. The summed E-state index contributed by atoms with van der Waals surface area (Å²) in [6.45, 7) is 2.09. The van der Waals surface area contributed by atoms with Crippen LogP contribution in [0.25, 0.3) is 16.8 Å². The zero-order chi connectivity index (χ0) is 12.4. The molecule has 3 nitrogen and oxygen atoms in total. The normalized spacial score (nSPS) is 10.5. The molecule has 88 valence electrons. The smallest absolute Gasteiger partial charge is 0.0676 e. The molecule has 0 atom stereocenters. The van der Waals surface area contributed by atoms with Gasteiger partial charge < -0.3 is 0 Å². The predicted octanol–water partition coefficient (Wildman–Crippen LogP) is 3.24. The van der Waals surface area contributed by atoms with Crippen molar-refractivity contribution >= 4 is 0 Å². The number of nitrogens with zero attached hydrogens (tertiary/aromatic N) is 3. The molecule has 0 saturated heterocycles. The molecule has 3 rings (SSSR count). The lowest BCUT2D eigenvalue weighted by molar-refractivity contribution is 0.878. The first-order valence-corrected chi connectivity index (χ1v) is 5.85. The third-order valence-corrected chi connectivity index (χ3v) is 2.86. The fourth-order valence-electron chi connectivity index (χ4n) is 1.93. The number of aromatic nitrogens is 3. The number of hydrogen-bond donors (Lipinski definition) is 0. The Morgan fingerprint density at radius 3 is 2.61 bits per heavy atom. The zero-order valence-electron chi connectivity index (χ0n) is 10.1. The van der Waals surface area contributed by atoms with Crippen molar-refractivity contribution in [1.29, 1.82) is 0 Å². The van der Waals surface area contributed by atoms with Crippen LogP contribution < -0.4 is 0 Å². The second-order valence-electron chi connectivity index (χ2n) is 4.25. The summed E-state index contributed by atoms with van der Waals surface area (Å²) in [6, 6.07) is 12.3. The van der Waals surface area contributed by atoms with E-state index in [0.29, 0.717) is 0 Å². The molecule has 2 aromatic heterocycles. The van der Waals surface area contributed by atoms with Crippen molar-refractivity contribution in [2.75, 3.05) is 0 Å². The molecule has 0 N–H and O–H groups in total. The predicted molar refractivity (Wildman–Crippen MR) is 71.5 cm³/mol. The molecule has 2 heterocycles. The van der Waals surface area contributed by atoms with E-state index in [1.54, 1.807) is 12.4 Å². The van der Waals surface area contributed by atoms with Crippen molar-refractivity contribution in [3.63, 3.8) is 0 Å². The highest BCUT2D eigenvalue weighted by atomic mass is 15.3. The van der Waals surface area contributed by atoms with E-state index in [-0.39, 0.29) is 0 Å². The van der Waals surface area contributed by atoms with Crippen LogP contribution in [0.1, 0.15) is 5.56 Å². The van der Waals surface area contributed by atoms with E-state index >= 15 is 0 Å².